The molecule has 25 heavy (non-hydrogen) atoms. The number of hydrogen-bond donors (Lipinski definition) is 0. The van der Waals surface area contributed by atoms with Crippen LogP contribution < -0.4 is 0 Å². The number of nitrogens with zero attached hydrogens (tertiary/aromatic N) is 2. The Kier molecular flexibility index (Phi) is 5.63. The van der Waals surface area contributed by atoms with Crippen molar-refractivity contribution in [3.05, 3.63) is 40.5 Å². The first-order valence-corrected chi connectivity index (χ1v) is 9.72. The molecule has 1 saturated carbocycles. The van der Waals surface area contributed by atoms with Crippen molar-refractivity contribution < 1.29 is 9.63 Å². The lowest BCUT2D eigenvalue weighted by Gasteiger charge is -2.09. The Bertz CT molecular complexity index is 771. The second-order valence-electron chi connectivity index (χ2n) is 6.49. The van der Waals surface area contributed by atoms with Crippen molar-refractivity contribution in [3.63, 3.8) is 0 Å². The maximum Gasteiger partial charge on any atom is 0.331 e. The second-order valence-corrected chi connectivity index (χ2v) is 7.58. The van der Waals surface area contributed by atoms with Gasteiger partial charge in [0.2, 0.25) is 0 Å². The molecule has 1 aromatic heterocycles. The number of aromatic nitrogens is 1. The molecule has 0 atom stereocenters. The normalized spacial score (nSPS) is 15.6. The Balaban J connectivity index is 1.88. The topological polar surface area (TPSA) is 51.6 Å². The molecule has 2 aromatic rings. The molecule has 4 nitrogen and oxygen atoms in total. The molecule has 0 unspecified atom stereocenters. The first kappa shape index (κ1) is 17.8. The van der Waals surface area contributed by atoms with Gasteiger partial charge in [-0.15, -0.1) is 11.3 Å². The van der Waals surface area contributed by atoms with Gasteiger partial charge in [-0.2, -0.15) is 0 Å². The van der Waals surface area contributed by atoms with Crippen LogP contribution in [0.1, 0.15) is 68.6 Å². The predicted octanol–water partition coefficient (Wildman–Crippen LogP) is 5.32. The fourth-order valence-corrected chi connectivity index (χ4v) is 4.36. The average molecular weight is 356 g/mol. The molecule has 0 aliphatic heterocycles. The van der Waals surface area contributed by atoms with Crippen molar-refractivity contribution in [2.45, 2.75) is 58.8 Å². The van der Waals surface area contributed by atoms with E-state index in [9.17, 15) is 4.79 Å². The van der Waals surface area contributed by atoms with Crippen LogP contribution in [-0.2, 0) is 16.1 Å². The van der Waals surface area contributed by atoms with Crippen LogP contribution in [0.25, 0.3) is 10.4 Å². The lowest BCUT2D eigenvalue weighted by Crippen LogP contribution is -1.99. The smallest absolute Gasteiger partial charge is 0.318 e. The van der Waals surface area contributed by atoms with Gasteiger partial charge >= 0.3 is 5.97 Å². The minimum Gasteiger partial charge on any atom is -0.318 e. The highest BCUT2D eigenvalue weighted by molar-refractivity contribution is 7.15. The predicted molar refractivity (Wildman–Crippen MR) is 102 cm³/mol. The highest BCUT2D eigenvalue weighted by Gasteiger charge is 2.24. The van der Waals surface area contributed by atoms with Crippen molar-refractivity contribution in [3.8, 4) is 10.4 Å². The van der Waals surface area contributed by atoms with E-state index in [0.717, 1.165) is 12.0 Å². The van der Waals surface area contributed by atoms with E-state index in [2.05, 4.69) is 24.2 Å². The molecule has 1 fully saturated rings. The molecule has 0 amide bonds. The summed E-state index contributed by atoms with van der Waals surface area (Å²) in [6.45, 7) is 5.35. The van der Waals surface area contributed by atoms with E-state index < -0.39 is 5.97 Å². The van der Waals surface area contributed by atoms with E-state index in [4.69, 9.17) is 9.82 Å². The van der Waals surface area contributed by atoms with Crippen LogP contribution in [0.2, 0.25) is 0 Å². The molecule has 132 valence electrons. The SMILES string of the molecule is CCc1nc(C2CCCC2)c(-c2ccc(C(C)=NOC(C)=O)cc2)s1. The Morgan fingerprint density at radius 2 is 1.92 bits per heavy atom. The number of hydrogen-bond acceptors (Lipinski definition) is 5. The molecule has 3 rings (SSSR count). The summed E-state index contributed by atoms with van der Waals surface area (Å²) in [6.07, 6.45) is 6.12. The standard InChI is InChI=1S/C20H24N2O2S/c1-4-18-21-19(16-7-5-6-8-16)20(25-18)17-11-9-15(10-12-17)13(2)22-24-14(3)23/h9-12,16H,4-8H2,1-3H3. The van der Waals surface area contributed by atoms with Gasteiger partial charge < -0.3 is 4.84 Å². The third-order valence-corrected chi connectivity index (χ3v) is 5.88. The molecular weight excluding hydrogens is 332 g/mol. The van der Waals surface area contributed by atoms with Crippen molar-refractivity contribution in [2.24, 2.45) is 5.16 Å². The zero-order valence-corrected chi connectivity index (χ0v) is 15.9. The number of carbonyl (C=O) groups excluding carboxylic acids is 1. The van der Waals surface area contributed by atoms with Crippen LogP contribution in [0.3, 0.4) is 0 Å². The van der Waals surface area contributed by atoms with Gasteiger partial charge in [0.05, 0.1) is 21.3 Å². The van der Waals surface area contributed by atoms with E-state index >= 15 is 0 Å². The van der Waals surface area contributed by atoms with Gasteiger partial charge in [-0.25, -0.2) is 9.78 Å². The van der Waals surface area contributed by atoms with E-state index in [-0.39, 0.29) is 0 Å². The van der Waals surface area contributed by atoms with Crippen LogP contribution >= 0.6 is 11.3 Å². The van der Waals surface area contributed by atoms with Crippen LogP contribution in [0.4, 0.5) is 0 Å². The van der Waals surface area contributed by atoms with Crippen molar-refractivity contribution in [1.82, 2.24) is 4.98 Å². The monoisotopic (exact) mass is 356 g/mol. The fraction of sp³-hybridized carbons (Fsp3) is 0.450. The van der Waals surface area contributed by atoms with Gasteiger partial charge in [-0.3, -0.25) is 0 Å². The number of thiazole rings is 1. The summed E-state index contributed by atoms with van der Waals surface area (Å²) in [5, 5.41) is 5.07. The van der Waals surface area contributed by atoms with Crippen molar-refractivity contribution in [2.75, 3.05) is 0 Å². The number of rotatable bonds is 5. The lowest BCUT2D eigenvalue weighted by molar-refractivity contribution is -0.140. The molecule has 0 saturated heterocycles. The van der Waals surface area contributed by atoms with Crippen LogP contribution in [-0.4, -0.2) is 16.7 Å². The Labute approximate surface area is 152 Å². The minimum atomic E-state index is -0.408. The van der Waals surface area contributed by atoms with Crippen LogP contribution in [0.5, 0.6) is 0 Å². The van der Waals surface area contributed by atoms with E-state index in [1.165, 1.54) is 53.7 Å². The summed E-state index contributed by atoms with van der Waals surface area (Å²) < 4.78 is 0. The molecule has 0 spiro atoms. The summed E-state index contributed by atoms with van der Waals surface area (Å²) >= 11 is 1.82. The molecule has 0 N–H and O–H groups in total. The lowest BCUT2D eigenvalue weighted by atomic mass is 9.99. The van der Waals surface area contributed by atoms with E-state index in [1.54, 1.807) is 0 Å². The molecule has 1 aliphatic rings. The first-order chi connectivity index (χ1) is 12.1. The van der Waals surface area contributed by atoms with E-state index in [1.807, 2.05) is 30.4 Å². The fourth-order valence-electron chi connectivity index (χ4n) is 3.26. The molecule has 1 aromatic carbocycles. The number of aryl methyl sites for hydroxylation is 1. The maximum atomic E-state index is 10.9. The van der Waals surface area contributed by atoms with Crippen molar-refractivity contribution in [1.29, 1.82) is 0 Å². The van der Waals surface area contributed by atoms with Gasteiger partial charge in [0.1, 0.15) is 0 Å². The molecule has 0 bridgehead atoms. The third-order valence-electron chi connectivity index (χ3n) is 4.62. The van der Waals surface area contributed by atoms with Crippen LogP contribution in [0, 0.1) is 0 Å². The zero-order valence-electron chi connectivity index (χ0n) is 15.0. The maximum absolute atomic E-state index is 10.9. The van der Waals surface area contributed by atoms with Gasteiger partial charge in [-0.05, 0) is 37.3 Å². The third kappa shape index (κ3) is 4.15. The highest BCUT2D eigenvalue weighted by atomic mass is 32.1. The quantitative estimate of drug-likeness (QED) is 0.414. The summed E-state index contributed by atoms with van der Waals surface area (Å²) in [7, 11) is 0. The van der Waals surface area contributed by atoms with Gasteiger partial charge in [0.25, 0.3) is 0 Å². The molecule has 5 heteroatoms. The highest BCUT2D eigenvalue weighted by Crippen LogP contribution is 2.41. The van der Waals surface area contributed by atoms with Gasteiger partial charge in [-0.1, -0.05) is 49.2 Å². The molecule has 0 radical (unpaired) electrons. The first-order valence-electron chi connectivity index (χ1n) is 8.91. The Morgan fingerprint density at radius 1 is 1.24 bits per heavy atom. The Hall–Kier alpha value is -2.01. The minimum absolute atomic E-state index is 0.408. The van der Waals surface area contributed by atoms with Crippen molar-refractivity contribution >= 4 is 23.0 Å². The number of benzene rings is 1. The summed E-state index contributed by atoms with van der Waals surface area (Å²) in [6, 6.07) is 8.30. The largest absolute Gasteiger partial charge is 0.331 e. The van der Waals surface area contributed by atoms with E-state index in [0.29, 0.717) is 11.6 Å². The zero-order chi connectivity index (χ0) is 17.8. The summed E-state index contributed by atoms with van der Waals surface area (Å²) in [5.41, 5.74) is 4.14. The Morgan fingerprint density at radius 3 is 2.52 bits per heavy atom. The second kappa shape index (κ2) is 7.91. The van der Waals surface area contributed by atoms with Gasteiger partial charge in [0.15, 0.2) is 0 Å². The average Bonchev–Trinajstić information content (AvgIpc) is 3.28. The molecule has 1 heterocycles. The molecule has 1 aliphatic carbocycles. The number of carbonyl (C=O) groups is 1. The number of oxime groups is 1. The van der Waals surface area contributed by atoms with Gasteiger partial charge in [0, 0.05) is 12.8 Å². The molecular formula is C20H24N2O2S. The summed E-state index contributed by atoms with van der Waals surface area (Å²) in [4.78, 5) is 21.8. The summed E-state index contributed by atoms with van der Waals surface area (Å²) in [5.74, 6) is 0.201. The van der Waals surface area contributed by atoms with Crippen LogP contribution in [0.15, 0.2) is 29.4 Å².